The Morgan fingerprint density at radius 3 is 2.38 bits per heavy atom. The number of unbranched alkanes of at least 4 members (excludes halogenated alkanes) is 1. The van der Waals surface area contributed by atoms with Gasteiger partial charge in [0.1, 0.15) is 30.0 Å². The van der Waals surface area contributed by atoms with E-state index in [1.807, 2.05) is 24.3 Å². The third-order valence-corrected chi connectivity index (χ3v) is 4.39. The van der Waals surface area contributed by atoms with E-state index in [4.69, 9.17) is 14.2 Å². The first-order valence-electron chi connectivity index (χ1n) is 11.0. The second-order valence-electron chi connectivity index (χ2n) is 8.89. The highest BCUT2D eigenvalue weighted by molar-refractivity contribution is 5.84. The van der Waals surface area contributed by atoms with E-state index < -0.39 is 29.6 Å². The smallest absolute Gasteiger partial charge is 0.324 e. The molecule has 0 saturated carbocycles. The summed E-state index contributed by atoms with van der Waals surface area (Å²) in [7, 11) is 3.20. The fourth-order valence-corrected chi connectivity index (χ4v) is 2.86. The van der Waals surface area contributed by atoms with Gasteiger partial charge >= 0.3 is 11.9 Å². The van der Waals surface area contributed by atoms with Crippen molar-refractivity contribution >= 4 is 17.8 Å². The molecule has 0 aliphatic heterocycles. The molecule has 1 aromatic carbocycles. The molecule has 0 saturated heterocycles. The van der Waals surface area contributed by atoms with Crippen molar-refractivity contribution in [3.63, 3.8) is 0 Å². The average molecular weight is 451 g/mol. The van der Waals surface area contributed by atoms with Crippen LogP contribution < -0.4 is 10.1 Å². The Balaban J connectivity index is 3.10. The molecular weight excluding hydrogens is 412 g/mol. The zero-order valence-corrected chi connectivity index (χ0v) is 20.4. The van der Waals surface area contributed by atoms with Crippen LogP contribution in [-0.2, 0) is 30.3 Å². The van der Waals surface area contributed by atoms with E-state index in [0.717, 1.165) is 24.2 Å². The van der Waals surface area contributed by atoms with Gasteiger partial charge in [-0.05, 0) is 51.3 Å². The van der Waals surface area contributed by atoms with Crippen LogP contribution in [0.4, 0.5) is 0 Å². The monoisotopic (exact) mass is 450 g/mol. The van der Waals surface area contributed by atoms with Crippen LogP contribution in [0.5, 0.6) is 5.75 Å². The number of ether oxygens (including phenoxy) is 3. The minimum absolute atomic E-state index is 0.189. The van der Waals surface area contributed by atoms with E-state index in [0.29, 0.717) is 6.61 Å². The first kappa shape index (κ1) is 27.4. The lowest BCUT2D eigenvalue weighted by Gasteiger charge is -2.28. The molecule has 1 aromatic rings. The normalized spacial score (nSPS) is 13.1. The van der Waals surface area contributed by atoms with Crippen molar-refractivity contribution in [3.05, 3.63) is 29.8 Å². The Bertz CT molecular complexity index is 757. The molecule has 180 valence electrons. The fourth-order valence-electron chi connectivity index (χ4n) is 2.86. The maximum Gasteiger partial charge on any atom is 0.324 e. The molecule has 2 unspecified atom stereocenters. The maximum atomic E-state index is 13.0. The number of rotatable bonds is 12. The molecular formula is C24H38N2O6. The predicted molar refractivity (Wildman–Crippen MR) is 122 cm³/mol. The fraction of sp³-hybridized carbons (Fsp3) is 0.625. The van der Waals surface area contributed by atoms with E-state index in [1.54, 1.807) is 34.9 Å². The Morgan fingerprint density at radius 1 is 1.12 bits per heavy atom. The number of nitrogens with zero attached hydrogens (tertiary/aromatic N) is 1. The highest BCUT2D eigenvalue weighted by atomic mass is 16.6. The lowest BCUT2D eigenvalue weighted by molar-refractivity contribution is -0.158. The van der Waals surface area contributed by atoms with Gasteiger partial charge < -0.3 is 19.1 Å². The maximum absolute atomic E-state index is 13.0. The highest BCUT2D eigenvalue weighted by Gasteiger charge is 2.31. The van der Waals surface area contributed by atoms with Gasteiger partial charge in [0.2, 0.25) is 5.91 Å². The SMILES string of the molecule is CCCCOc1cccc(CC(NC(COC(C)=O)C(=O)N(C)C)C(=O)OC(C)(C)C)c1. The van der Waals surface area contributed by atoms with Gasteiger partial charge in [0.15, 0.2) is 0 Å². The molecule has 0 aliphatic rings. The van der Waals surface area contributed by atoms with E-state index >= 15 is 0 Å². The van der Waals surface area contributed by atoms with E-state index in [9.17, 15) is 14.4 Å². The number of carbonyl (C=O) groups excluding carboxylic acids is 3. The lowest BCUT2D eigenvalue weighted by Crippen LogP contribution is -2.54. The third-order valence-electron chi connectivity index (χ3n) is 4.39. The van der Waals surface area contributed by atoms with Gasteiger partial charge in [-0.1, -0.05) is 25.5 Å². The van der Waals surface area contributed by atoms with Gasteiger partial charge in [-0.25, -0.2) is 0 Å². The molecule has 0 aliphatic carbocycles. The van der Waals surface area contributed by atoms with E-state index in [-0.39, 0.29) is 18.9 Å². The van der Waals surface area contributed by atoms with E-state index in [2.05, 4.69) is 12.2 Å². The number of hydrogen-bond donors (Lipinski definition) is 1. The summed E-state index contributed by atoms with van der Waals surface area (Å²) < 4.78 is 16.4. The van der Waals surface area contributed by atoms with Crippen LogP contribution in [0.25, 0.3) is 0 Å². The van der Waals surface area contributed by atoms with Crippen molar-refractivity contribution in [2.24, 2.45) is 0 Å². The second-order valence-corrected chi connectivity index (χ2v) is 8.89. The number of amides is 1. The Morgan fingerprint density at radius 2 is 1.81 bits per heavy atom. The molecule has 8 nitrogen and oxygen atoms in total. The van der Waals surface area contributed by atoms with Crippen LogP contribution in [0.2, 0.25) is 0 Å². The molecule has 0 aromatic heterocycles. The molecule has 1 N–H and O–H groups in total. The van der Waals surface area contributed by atoms with Gasteiger partial charge in [-0.15, -0.1) is 0 Å². The van der Waals surface area contributed by atoms with Crippen LogP contribution >= 0.6 is 0 Å². The molecule has 0 fully saturated rings. The standard InChI is InChI=1S/C24H38N2O6/c1-8-9-13-30-19-12-10-11-18(14-19)15-20(23(29)32-24(3,4)5)25-21(16-31-17(2)27)22(28)26(6)7/h10-12,14,20-21,25H,8-9,13,15-16H2,1-7H3. The Labute approximate surface area is 191 Å². The summed E-state index contributed by atoms with van der Waals surface area (Å²) in [5, 5.41) is 3.05. The van der Waals surface area contributed by atoms with Gasteiger partial charge in [-0.3, -0.25) is 19.7 Å². The highest BCUT2D eigenvalue weighted by Crippen LogP contribution is 2.17. The first-order chi connectivity index (χ1) is 14.9. The van der Waals surface area contributed by atoms with E-state index in [1.165, 1.54) is 11.8 Å². The van der Waals surface area contributed by atoms with Crippen molar-refractivity contribution in [2.75, 3.05) is 27.3 Å². The van der Waals surface area contributed by atoms with Crippen LogP contribution in [0.1, 0.15) is 53.0 Å². The number of carbonyl (C=O) groups is 3. The minimum Gasteiger partial charge on any atom is -0.494 e. The van der Waals surface area contributed by atoms with Gasteiger partial charge in [0, 0.05) is 21.0 Å². The van der Waals surface area contributed by atoms with Crippen LogP contribution in [0.3, 0.4) is 0 Å². The second kappa shape index (κ2) is 13.1. The van der Waals surface area contributed by atoms with Gasteiger partial charge in [0.25, 0.3) is 0 Å². The van der Waals surface area contributed by atoms with Crippen LogP contribution in [-0.4, -0.2) is 67.7 Å². The number of nitrogens with one attached hydrogen (secondary N) is 1. The Hall–Kier alpha value is -2.61. The van der Waals surface area contributed by atoms with Crippen LogP contribution in [0.15, 0.2) is 24.3 Å². The molecule has 0 heterocycles. The first-order valence-corrected chi connectivity index (χ1v) is 11.0. The molecule has 8 heteroatoms. The van der Waals surface area contributed by atoms with Crippen molar-refractivity contribution < 1.29 is 28.6 Å². The molecule has 0 spiro atoms. The third kappa shape index (κ3) is 10.6. The summed E-state index contributed by atoms with van der Waals surface area (Å²) >= 11 is 0. The van der Waals surface area contributed by atoms with Crippen molar-refractivity contribution in [1.82, 2.24) is 10.2 Å². The summed E-state index contributed by atoms with van der Waals surface area (Å²) in [5.74, 6) is -0.584. The number of hydrogen-bond acceptors (Lipinski definition) is 7. The molecule has 0 bridgehead atoms. The van der Waals surface area contributed by atoms with Gasteiger partial charge in [0.05, 0.1) is 6.61 Å². The summed E-state index contributed by atoms with van der Waals surface area (Å²) in [4.78, 5) is 38.3. The van der Waals surface area contributed by atoms with Crippen molar-refractivity contribution in [1.29, 1.82) is 0 Å². The molecule has 1 amide bonds. The molecule has 32 heavy (non-hydrogen) atoms. The number of esters is 2. The van der Waals surface area contributed by atoms with Crippen molar-refractivity contribution in [3.8, 4) is 5.75 Å². The number of likely N-dealkylation sites (N-methyl/N-ethyl adjacent to an activating group) is 1. The lowest BCUT2D eigenvalue weighted by atomic mass is 10.0. The van der Waals surface area contributed by atoms with Crippen molar-refractivity contribution in [2.45, 2.75) is 71.6 Å². The largest absolute Gasteiger partial charge is 0.494 e. The molecule has 2 atom stereocenters. The average Bonchev–Trinajstić information content (AvgIpc) is 2.68. The summed E-state index contributed by atoms with van der Waals surface area (Å²) in [6.07, 6.45) is 2.27. The topological polar surface area (TPSA) is 94.2 Å². The summed E-state index contributed by atoms with van der Waals surface area (Å²) in [6, 6.07) is 5.78. The quantitative estimate of drug-likeness (QED) is 0.386. The molecule has 0 radical (unpaired) electrons. The Kier molecular flexibility index (Phi) is 11.2. The van der Waals surface area contributed by atoms with Crippen LogP contribution in [0, 0.1) is 0 Å². The minimum atomic E-state index is -0.893. The predicted octanol–water partition coefficient (Wildman–Crippen LogP) is 2.73. The zero-order valence-electron chi connectivity index (χ0n) is 20.4. The summed E-state index contributed by atoms with van der Waals surface area (Å²) in [5.41, 5.74) is 0.157. The number of benzene rings is 1. The summed E-state index contributed by atoms with van der Waals surface area (Å²) in [6.45, 7) is 9.15. The molecule has 1 rings (SSSR count). The van der Waals surface area contributed by atoms with Gasteiger partial charge in [-0.2, -0.15) is 0 Å². The zero-order chi connectivity index (χ0) is 24.3.